The first kappa shape index (κ1) is 14.8. The topological polar surface area (TPSA) is 35.5 Å². The Bertz CT molecular complexity index is 341. The second-order valence-electron chi connectivity index (χ2n) is 8.32. The molecule has 3 fully saturated rings. The average Bonchev–Trinajstić information content (AvgIpc) is 2.37. The van der Waals surface area contributed by atoms with Gasteiger partial charge in [-0.1, -0.05) is 20.3 Å². The van der Waals surface area contributed by atoms with Gasteiger partial charge in [0.25, 0.3) is 0 Å². The molecule has 1 saturated heterocycles. The Morgan fingerprint density at radius 3 is 2.20 bits per heavy atom. The Kier molecular flexibility index (Phi) is 3.89. The van der Waals surface area contributed by atoms with E-state index >= 15 is 0 Å². The summed E-state index contributed by atoms with van der Waals surface area (Å²) in [5, 5.41) is 13.9. The standard InChI is InChI=1S/C17H32N2O/c1-11(2)19-9-12-6-5-7-13(10-19)16(12)18-14-8-15(20)17(14,3)4/h11-16,18,20H,5-10H2,1-4H3. The molecule has 2 aliphatic carbocycles. The summed E-state index contributed by atoms with van der Waals surface area (Å²) in [7, 11) is 0. The van der Waals surface area contributed by atoms with Gasteiger partial charge in [0.1, 0.15) is 0 Å². The summed E-state index contributed by atoms with van der Waals surface area (Å²) < 4.78 is 0. The van der Waals surface area contributed by atoms with E-state index in [0.717, 1.165) is 18.3 Å². The predicted molar refractivity (Wildman–Crippen MR) is 82.7 cm³/mol. The van der Waals surface area contributed by atoms with Gasteiger partial charge < -0.3 is 15.3 Å². The fourth-order valence-corrected chi connectivity index (χ4v) is 4.58. The van der Waals surface area contributed by atoms with Crippen molar-refractivity contribution in [3.8, 4) is 0 Å². The van der Waals surface area contributed by atoms with Crippen molar-refractivity contribution in [2.45, 2.75) is 77.6 Å². The van der Waals surface area contributed by atoms with E-state index in [1.807, 2.05) is 0 Å². The van der Waals surface area contributed by atoms with Gasteiger partial charge in [0.2, 0.25) is 0 Å². The second kappa shape index (κ2) is 5.26. The molecule has 2 N–H and O–H groups in total. The van der Waals surface area contributed by atoms with E-state index in [9.17, 15) is 5.11 Å². The van der Waals surface area contributed by atoms with Gasteiger partial charge in [-0.15, -0.1) is 0 Å². The molecule has 0 spiro atoms. The molecule has 1 aliphatic heterocycles. The van der Waals surface area contributed by atoms with E-state index in [0.29, 0.717) is 18.1 Å². The molecule has 2 saturated carbocycles. The molecule has 0 aromatic heterocycles. The fraction of sp³-hybridized carbons (Fsp3) is 1.00. The first-order chi connectivity index (χ1) is 9.39. The quantitative estimate of drug-likeness (QED) is 0.832. The lowest BCUT2D eigenvalue weighted by Crippen LogP contribution is -2.67. The molecule has 0 aromatic carbocycles. The molecular weight excluding hydrogens is 248 g/mol. The molecule has 3 nitrogen and oxygen atoms in total. The van der Waals surface area contributed by atoms with Crippen LogP contribution < -0.4 is 5.32 Å². The number of aliphatic hydroxyl groups is 1. The highest BCUT2D eigenvalue weighted by atomic mass is 16.3. The monoisotopic (exact) mass is 280 g/mol. The number of hydrogen-bond donors (Lipinski definition) is 2. The van der Waals surface area contributed by atoms with Crippen molar-refractivity contribution in [2.24, 2.45) is 17.3 Å². The second-order valence-corrected chi connectivity index (χ2v) is 8.32. The van der Waals surface area contributed by atoms with Crippen LogP contribution in [0.5, 0.6) is 0 Å². The minimum absolute atomic E-state index is 0.0590. The maximum absolute atomic E-state index is 9.95. The van der Waals surface area contributed by atoms with E-state index in [1.54, 1.807) is 0 Å². The van der Waals surface area contributed by atoms with E-state index in [-0.39, 0.29) is 11.5 Å². The average molecular weight is 280 g/mol. The number of likely N-dealkylation sites (tertiary alicyclic amines) is 1. The number of rotatable bonds is 3. The third-order valence-corrected chi connectivity index (χ3v) is 6.44. The van der Waals surface area contributed by atoms with Gasteiger partial charge in [0, 0.05) is 36.6 Å². The van der Waals surface area contributed by atoms with E-state index in [1.165, 1.54) is 32.4 Å². The summed E-state index contributed by atoms with van der Waals surface area (Å²) in [6.07, 6.45) is 5.00. The summed E-state index contributed by atoms with van der Waals surface area (Å²) >= 11 is 0. The van der Waals surface area contributed by atoms with Gasteiger partial charge in [-0.3, -0.25) is 0 Å². The van der Waals surface area contributed by atoms with Crippen LogP contribution in [0.4, 0.5) is 0 Å². The molecule has 3 aliphatic rings. The van der Waals surface area contributed by atoms with Crippen LogP contribution in [0.3, 0.4) is 0 Å². The Labute approximate surface area is 124 Å². The number of aliphatic hydroxyl groups excluding tert-OH is 1. The van der Waals surface area contributed by atoms with Crippen LogP contribution >= 0.6 is 0 Å². The van der Waals surface area contributed by atoms with Crippen LogP contribution in [0.25, 0.3) is 0 Å². The molecule has 3 heteroatoms. The lowest BCUT2D eigenvalue weighted by Gasteiger charge is -2.55. The zero-order valence-corrected chi connectivity index (χ0v) is 13.6. The molecule has 0 radical (unpaired) electrons. The van der Waals surface area contributed by atoms with E-state index in [2.05, 4.69) is 37.9 Å². The molecule has 0 aromatic rings. The van der Waals surface area contributed by atoms with Crippen molar-refractivity contribution < 1.29 is 5.11 Å². The van der Waals surface area contributed by atoms with Crippen LogP contribution in [-0.2, 0) is 0 Å². The van der Waals surface area contributed by atoms with Gasteiger partial charge in [-0.2, -0.15) is 0 Å². The smallest absolute Gasteiger partial charge is 0.0621 e. The Hall–Kier alpha value is -0.120. The zero-order chi connectivity index (χ0) is 14.5. The largest absolute Gasteiger partial charge is 0.392 e. The molecular formula is C17H32N2O. The zero-order valence-electron chi connectivity index (χ0n) is 13.6. The van der Waals surface area contributed by atoms with Gasteiger partial charge >= 0.3 is 0 Å². The summed E-state index contributed by atoms with van der Waals surface area (Å²) in [5.74, 6) is 1.64. The molecule has 4 unspecified atom stereocenters. The van der Waals surface area contributed by atoms with Crippen molar-refractivity contribution in [3.63, 3.8) is 0 Å². The fourth-order valence-electron chi connectivity index (χ4n) is 4.58. The van der Waals surface area contributed by atoms with Crippen molar-refractivity contribution in [3.05, 3.63) is 0 Å². The summed E-state index contributed by atoms with van der Waals surface area (Å²) in [5.41, 5.74) is 0.0590. The Balaban J connectivity index is 1.65. The minimum Gasteiger partial charge on any atom is -0.392 e. The molecule has 20 heavy (non-hydrogen) atoms. The first-order valence-electron chi connectivity index (χ1n) is 8.57. The van der Waals surface area contributed by atoms with Crippen LogP contribution in [0.2, 0.25) is 0 Å². The minimum atomic E-state index is -0.115. The summed E-state index contributed by atoms with van der Waals surface area (Å²) in [6.45, 7) is 11.6. The highest BCUT2D eigenvalue weighted by molar-refractivity contribution is 5.05. The highest BCUT2D eigenvalue weighted by Gasteiger charge is 2.50. The summed E-state index contributed by atoms with van der Waals surface area (Å²) in [6, 6.07) is 1.88. The lowest BCUT2D eigenvalue weighted by molar-refractivity contribution is -0.0889. The van der Waals surface area contributed by atoms with Gasteiger partial charge in [0.15, 0.2) is 0 Å². The number of fused-ring (bicyclic) bond motifs is 2. The lowest BCUT2D eigenvalue weighted by atomic mass is 9.63. The third kappa shape index (κ3) is 2.42. The highest BCUT2D eigenvalue weighted by Crippen LogP contribution is 2.43. The van der Waals surface area contributed by atoms with Crippen LogP contribution in [0.1, 0.15) is 53.4 Å². The van der Waals surface area contributed by atoms with Crippen molar-refractivity contribution in [2.75, 3.05) is 13.1 Å². The van der Waals surface area contributed by atoms with Crippen molar-refractivity contribution in [1.29, 1.82) is 0 Å². The maximum Gasteiger partial charge on any atom is 0.0621 e. The number of nitrogens with one attached hydrogen (secondary N) is 1. The van der Waals surface area contributed by atoms with E-state index < -0.39 is 0 Å². The summed E-state index contributed by atoms with van der Waals surface area (Å²) in [4.78, 5) is 2.67. The Morgan fingerprint density at radius 2 is 1.75 bits per heavy atom. The van der Waals surface area contributed by atoms with Crippen LogP contribution in [0.15, 0.2) is 0 Å². The number of piperidine rings is 1. The van der Waals surface area contributed by atoms with Gasteiger partial charge in [-0.05, 0) is 44.9 Å². The van der Waals surface area contributed by atoms with E-state index in [4.69, 9.17) is 0 Å². The molecule has 1 heterocycles. The van der Waals surface area contributed by atoms with Crippen LogP contribution in [0, 0.1) is 17.3 Å². The number of nitrogens with zero attached hydrogens (tertiary/aromatic N) is 1. The van der Waals surface area contributed by atoms with Gasteiger partial charge in [0.05, 0.1) is 6.10 Å². The molecule has 4 atom stereocenters. The molecule has 116 valence electrons. The SMILES string of the molecule is CC(C)N1CC2CCCC(C1)C2NC1CC(O)C1(C)C. The first-order valence-corrected chi connectivity index (χ1v) is 8.57. The van der Waals surface area contributed by atoms with Crippen molar-refractivity contribution in [1.82, 2.24) is 10.2 Å². The van der Waals surface area contributed by atoms with Crippen molar-refractivity contribution >= 4 is 0 Å². The van der Waals surface area contributed by atoms with Crippen LogP contribution in [-0.4, -0.2) is 47.3 Å². The molecule has 2 bridgehead atoms. The third-order valence-electron chi connectivity index (χ3n) is 6.44. The number of hydrogen-bond acceptors (Lipinski definition) is 3. The Morgan fingerprint density at radius 1 is 1.15 bits per heavy atom. The van der Waals surface area contributed by atoms with Gasteiger partial charge in [-0.25, -0.2) is 0 Å². The molecule has 3 rings (SSSR count). The molecule has 0 amide bonds. The normalized spacial score (nSPS) is 44.4. The predicted octanol–water partition coefficient (Wildman–Crippen LogP) is 2.24. The maximum atomic E-state index is 9.95.